The van der Waals surface area contributed by atoms with Gasteiger partial charge in [-0.3, -0.25) is 14.5 Å². The van der Waals surface area contributed by atoms with Crippen molar-refractivity contribution in [2.75, 3.05) is 26.2 Å². The highest BCUT2D eigenvalue weighted by atomic mass is 35.5. The number of ether oxygens (including phenoxy) is 3. The zero-order chi connectivity index (χ0) is 27.0. The van der Waals surface area contributed by atoms with Crippen molar-refractivity contribution in [3.05, 3.63) is 86.9 Å². The Morgan fingerprint density at radius 1 is 0.811 bits per heavy atom. The molecular weight excluding hydrogens is 494 g/mol. The van der Waals surface area contributed by atoms with E-state index in [0.717, 1.165) is 11.1 Å². The molecule has 3 aromatic carbocycles. The molecule has 1 aliphatic rings. The summed E-state index contributed by atoms with van der Waals surface area (Å²) in [6, 6.07) is 12.8. The number of benzene rings is 3. The number of hydrogen-bond acceptors (Lipinski definition) is 6. The maximum atomic E-state index is 13.6. The predicted molar refractivity (Wildman–Crippen MR) is 143 cm³/mol. The van der Waals surface area contributed by atoms with Crippen LogP contribution < -0.4 is 19.1 Å². The number of carbonyl (C=O) groups excluding carboxylic acids is 2. The van der Waals surface area contributed by atoms with E-state index in [1.165, 1.54) is 19.1 Å². The third-order valence-corrected chi connectivity index (χ3v) is 6.83. The minimum absolute atomic E-state index is 0.0377. The average molecular weight is 522 g/mol. The van der Waals surface area contributed by atoms with Gasteiger partial charge in [0.15, 0.2) is 11.5 Å². The van der Waals surface area contributed by atoms with Crippen LogP contribution in [0.5, 0.6) is 17.2 Å². The highest BCUT2D eigenvalue weighted by molar-refractivity contribution is 6.52. The summed E-state index contributed by atoms with van der Waals surface area (Å²) < 4.78 is 16.3. The minimum atomic E-state index is -0.946. The number of halogens is 1. The molecule has 1 unspecified atom stereocenters. The smallest absolute Gasteiger partial charge is 0.300 e. The van der Waals surface area contributed by atoms with Gasteiger partial charge in [-0.2, -0.15) is 0 Å². The molecule has 1 atom stereocenters. The molecule has 1 saturated heterocycles. The lowest BCUT2D eigenvalue weighted by molar-refractivity contribution is -0.132. The second-order valence-corrected chi connectivity index (χ2v) is 9.29. The summed E-state index contributed by atoms with van der Waals surface area (Å²) in [7, 11) is 4.59. The second kappa shape index (κ2) is 10.2. The Morgan fingerprint density at radius 3 is 2.14 bits per heavy atom. The number of hydrogen-bond donors (Lipinski definition) is 1. The van der Waals surface area contributed by atoms with E-state index in [0.29, 0.717) is 44.6 Å². The predicted octanol–water partition coefficient (Wildman–Crippen LogP) is 5.92. The van der Waals surface area contributed by atoms with Crippen molar-refractivity contribution in [2.45, 2.75) is 26.8 Å². The molecule has 0 spiro atoms. The van der Waals surface area contributed by atoms with Gasteiger partial charge in [-0.25, -0.2) is 0 Å². The molecule has 1 N–H and O–H groups in total. The average Bonchev–Trinajstić information content (AvgIpc) is 3.15. The van der Waals surface area contributed by atoms with Crippen LogP contribution in [0.15, 0.2) is 54.1 Å². The molecule has 0 aromatic heterocycles. The number of rotatable bonds is 6. The molecule has 1 amide bonds. The van der Waals surface area contributed by atoms with Gasteiger partial charge in [0.05, 0.1) is 32.9 Å². The van der Waals surface area contributed by atoms with Gasteiger partial charge in [0.25, 0.3) is 11.7 Å². The number of methoxy groups -OCH3 is 3. The van der Waals surface area contributed by atoms with E-state index in [9.17, 15) is 14.7 Å². The molecular formula is C29H28ClNO6. The van der Waals surface area contributed by atoms with Crippen LogP contribution in [0.2, 0.25) is 5.02 Å². The lowest BCUT2D eigenvalue weighted by Crippen LogP contribution is -2.30. The van der Waals surface area contributed by atoms with Crippen LogP contribution >= 0.6 is 11.6 Å². The molecule has 0 bridgehead atoms. The molecule has 4 rings (SSSR count). The van der Waals surface area contributed by atoms with Crippen molar-refractivity contribution in [1.29, 1.82) is 0 Å². The monoisotopic (exact) mass is 521 g/mol. The highest BCUT2D eigenvalue weighted by Gasteiger charge is 2.47. The summed E-state index contributed by atoms with van der Waals surface area (Å²) >= 11 is 6.29. The molecule has 1 heterocycles. The maximum Gasteiger partial charge on any atom is 0.300 e. The van der Waals surface area contributed by atoms with E-state index in [2.05, 4.69) is 0 Å². The van der Waals surface area contributed by atoms with Crippen molar-refractivity contribution < 1.29 is 28.9 Å². The van der Waals surface area contributed by atoms with Crippen molar-refractivity contribution in [3.8, 4) is 17.2 Å². The van der Waals surface area contributed by atoms with E-state index < -0.39 is 17.7 Å². The summed E-state index contributed by atoms with van der Waals surface area (Å²) in [5, 5.41) is 12.0. The summed E-state index contributed by atoms with van der Waals surface area (Å²) in [6.45, 7) is 5.47. The van der Waals surface area contributed by atoms with Crippen LogP contribution in [0, 0.1) is 20.8 Å². The number of aliphatic hydroxyl groups is 1. The van der Waals surface area contributed by atoms with E-state index in [1.807, 2.05) is 13.8 Å². The van der Waals surface area contributed by atoms with Crippen LogP contribution in [0.4, 0.5) is 5.69 Å². The lowest BCUT2D eigenvalue weighted by atomic mass is 9.92. The summed E-state index contributed by atoms with van der Waals surface area (Å²) in [5.41, 5.74) is 3.63. The SMILES string of the molecule is COc1cc(C)c(/C(O)=C2\C(=O)C(=O)N(c3cc(Cl)ccc3C)C2c2ccc(OC)c(OC)c2)cc1C. The largest absolute Gasteiger partial charge is 0.507 e. The first-order chi connectivity index (χ1) is 17.6. The Hall–Kier alpha value is -3.97. The molecule has 1 fully saturated rings. The Morgan fingerprint density at radius 2 is 1.49 bits per heavy atom. The molecule has 7 nitrogen and oxygen atoms in total. The molecule has 0 aliphatic carbocycles. The molecule has 0 radical (unpaired) electrons. The zero-order valence-corrected chi connectivity index (χ0v) is 22.3. The van der Waals surface area contributed by atoms with E-state index in [-0.39, 0.29) is 11.3 Å². The van der Waals surface area contributed by atoms with Gasteiger partial charge in [0.1, 0.15) is 11.5 Å². The number of ketones is 1. The second-order valence-electron chi connectivity index (χ2n) is 8.85. The molecule has 0 saturated carbocycles. The maximum absolute atomic E-state index is 13.6. The van der Waals surface area contributed by atoms with Crippen molar-refractivity contribution in [3.63, 3.8) is 0 Å². The first-order valence-corrected chi connectivity index (χ1v) is 11.9. The van der Waals surface area contributed by atoms with Crippen LogP contribution in [-0.2, 0) is 9.59 Å². The fraction of sp³-hybridized carbons (Fsp3) is 0.241. The Bertz CT molecular complexity index is 1440. The minimum Gasteiger partial charge on any atom is -0.507 e. The van der Waals surface area contributed by atoms with Crippen LogP contribution in [0.25, 0.3) is 5.76 Å². The number of anilines is 1. The normalized spacial score (nSPS) is 16.7. The first kappa shape index (κ1) is 26.1. The third kappa shape index (κ3) is 4.51. The molecule has 1 aliphatic heterocycles. The third-order valence-electron chi connectivity index (χ3n) is 6.60. The lowest BCUT2D eigenvalue weighted by Gasteiger charge is -2.27. The number of nitrogens with zero attached hydrogens (tertiary/aromatic N) is 1. The summed E-state index contributed by atoms with van der Waals surface area (Å²) in [4.78, 5) is 28.5. The van der Waals surface area contributed by atoms with Crippen molar-refractivity contribution >= 4 is 34.7 Å². The molecule has 8 heteroatoms. The number of aliphatic hydroxyl groups excluding tert-OH is 1. The van der Waals surface area contributed by atoms with Crippen LogP contribution in [0.3, 0.4) is 0 Å². The van der Waals surface area contributed by atoms with Gasteiger partial charge in [-0.1, -0.05) is 23.7 Å². The fourth-order valence-corrected chi connectivity index (χ4v) is 4.84. The first-order valence-electron chi connectivity index (χ1n) is 11.6. The molecule has 3 aromatic rings. The van der Waals surface area contributed by atoms with Crippen LogP contribution in [0.1, 0.15) is 33.9 Å². The summed E-state index contributed by atoms with van der Waals surface area (Å²) in [6.07, 6.45) is 0. The van der Waals surface area contributed by atoms with Gasteiger partial charge in [0.2, 0.25) is 0 Å². The molecule has 192 valence electrons. The summed E-state index contributed by atoms with van der Waals surface area (Å²) in [5.74, 6) is -0.281. The van der Waals surface area contributed by atoms with E-state index in [4.69, 9.17) is 25.8 Å². The van der Waals surface area contributed by atoms with Crippen molar-refractivity contribution in [1.82, 2.24) is 0 Å². The van der Waals surface area contributed by atoms with E-state index >= 15 is 0 Å². The number of Topliss-reactive ketones (excluding diaryl/α,β-unsaturated/α-hetero) is 1. The quantitative estimate of drug-likeness (QED) is 0.246. The van der Waals surface area contributed by atoms with E-state index in [1.54, 1.807) is 62.6 Å². The topological polar surface area (TPSA) is 85.3 Å². The zero-order valence-electron chi connectivity index (χ0n) is 21.5. The standard InChI is InChI=1S/C29H28ClNO6/c1-15-7-9-19(30)14-21(15)31-26(18-8-10-22(35-4)24(13-18)37-6)25(28(33)29(31)34)27(32)20-11-17(3)23(36-5)12-16(20)2/h7-14,26,32H,1-6H3/b27-25+. The Kier molecular flexibility index (Phi) is 7.18. The van der Waals surface area contributed by atoms with Crippen molar-refractivity contribution in [2.24, 2.45) is 0 Å². The Labute approximate surface area is 220 Å². The highest BCUT2D eigenvalue weighted by Crippen LogP contribution is 2.45. The fourth-order valence-electron chi connectivity index (χ4n) is 4.67. The van der Waals surface area contributed by atoms with Crippen LogP contribution in [-0.4, -0.2) is 38.1 Å². The van der Waals surface area contributed by atoms with Gasteiger partial charge >= 0.3 is 0 Å². The number of carbonyl (C=O) groups is 2. The number of amides is 1. The van der Waals surface area contributed by atoms with Gasteiger partial charge in [-0.15, -0.1) is 0 Å². The van der Waals surface area contributed by atoms with Gasteiger partial charge < -0.3 is 19.3 Å². The Balaban J connectivity index is 2.03. The van der Waals surface area contributed by atoms with Gasteiger partial charge in [0, 0.05) is 16.3 Å². The number of aryl methyl sites for hydroxylation is 3. The molecule has 37 heavy (non-hydrogen) atoms. The van der Waals surface area contributed by atoms with Gasteiger partial charge in [-0.05, 0) is 79.4 Å².